The van der Waals surface area contributed by atoms with E-state index >= 15 is 0 Å². The van der Waals surface area contributed by atoms with Crippen LogP contribution in [0.1, 0.15) is 19.8 Å². The van der Waals surface area contributed by atoms with Gasteiger partial charge in [0.1, 0.15) is 0 Å². The van der Waals surface area contributed by atoms with Crippen molar-refractivity contribution in [2.24, 2.45) is 5.92 Å². The zero-order valence-corrected chi connectivity index (χ0v) is 7.50. The molecule has 0 aromatic rings. The Hall–Kier alpha value is 0.110. The summed E-state index contributed by atoms with van der Waals surface area (Å²) in [6, 6.07) is 0. The van der Waals surface area contributed by atoms with E-state index in [-0.39, 0.29) is 18.7 Å². The molecule has 0 fully saturated rings. The number of aliphatic hydroxyl groups is 1. The number of aliphatic hydroxyl groups excluding tert-OH is 1. The molecule has 0 aliphatic carbocycles. The molecule has 0 saturated carbocycles. The van der Waals surface area contributed by atoms with E-state index in [1.54, 1.807) is 0 Å². The van der Waals surface area contributed by atoms with Crippen LogP contribution in [-0.2, 0) is 4.57 Å². The molecule has 0 aliphatic rings. The van der Waals surface area contributed by atoms with Gasteiger partial charge < -0.3 is 14.9 Å². The molecule has 4 nitrogen and oxygen atoms in total. The summed E-state index contributed by atoms with van der Waals surface area (Å²) < 4.78 is 10.3. The van der Waals surface area contributed by atoms with Gasteiger partial charge in [-0.3, -0.25) is 4.57 Å². The minimum absolute atomic E-state index is 0.0721. The van der Waals surface area contributed by atoms with Gasteiger partial charge in [0.05, 0.1) is 0 Å². The first-order chi connectivity index (χ1) is 4.95. The van der Waals surface area contributed by atoms with Crippen LogP contribution in [0.2, 0.25) is 0 Å². The summed E-state index contributed by atoms with van der Waals surface area (Å²) in [5.41, 5.74) is 0. The largest absolute Gasteiger partial charge is 0.396 e. The number of hydrogen-bond acceptors (Lipinski definition) is 2. The third kappa shape index (κ3) is 8.01. The van der Waals surface area contributed by atoms with Crippen LogP contribution in [0.5, 0.6) is 0 Å². The summed E-state index contributed by atoms with van der Waals surface area (Å²) in [5.74, 6) is 0.140. The van der Waals surface area contributed by atoms with Crippen molar-refractivity contribution < 1.29 is 19.5 Å². The minimum Gasteiger partial charge on any atom is -0.396 e. The second-order valence-corrected chi connectivity index (χ2v) is 4.59. The molecule has 1 unspecified atom stereocenters. The van der Waals surface area contributed by atoms with Gasteiger partial charge in [0, 0.05) is 12.8 Å². The predicted molar refractivity (Wildman–Crippen MR) is 42.4 cm³/mol. The van der Waals surface area contributed by atoms with E-state index in [4.69, 9.17) is 14.9 Å². The van der Waals surface area contributed by atoms with E-state index in [0.29, 0.717) is 12.8 Å². The summed E-state index contributed by atoms with van der Waals surface area (Å²) in [5, 5.41) is 8.57. The molecule has 0 aliphatic heterocycles. The monoisotopic (exact) mass is 182 g/mol. The quantitative estimate of drug-likeness (QED) is 0.543. The van der Waals surface area contributed by atoms with Crippen molar-refractivity contribution in [3.63, 3.8) is 0 Å². The molecule has 0 aromatic heterocycles. The fourth-order valence-corrected chi connectivity index (χ4v) is 1.33. The molecule has 0 bridgehead atoms. The topological polar surface area (TPSA) is 77.8 Å². The Morgan fingerprint density at radius 1 is 1.45 bits per heavy atom. The van der Waals surface area contributed by atoms with Crippen LogP contribution in [-0.4, -0.2) is 27.7 Å². The second-order valence-electron chi connectivity index (χ2n) is 2.82. The van der Waals surface area contributed by atoms with Crippen molar-refractivity contribution in [2.75, 3.05) is 12.8 Å². The maximum atomic E-state index is 10.3. The van der Waals surface area contributed by atoms with Gasteiger partial charge in [0.2, 0.25) is 0 Å². The maximum Gasteiger partial charge on any atom is 0.325 e. The molecule has 5 heteroatoms. The summed E-state index contributed by atoms with van der Waals surface area (Å²) in [6.45, 7) is 1.93. The second kappa shape index (κ2) is 4.88. The van der Waals surface area contributed by atoms with Crippen LogP contribution in [0.25, 0.3) is 0 Å². The van der Waals surface area contributed by atoms with Crippen LogP contribution in [0, 0.1) is 5.92 Å². The summed E-state index contributed by atoms with van der Waals surface area (Å²) in [6.07, 6.45) is 1.07. The molecule has 11 heavy (non-hydrogen) atoms. The average Bonchev–Trinajstić information content (AvgIpc) is 1.85. The first-order valence-electron chi connectivity index (χ1n) is 3.61. The lowest BCUT2D eigenvalue weighted by atomic mass is 10.1. The SMILES string of the molecule is CC(CO)CCCP(=O)(O)O. The van der Waals surface area contributed by atoms with E-state index in [2.05, 4.69) is 0 Å². The van der Waals surface area contributed by atoms with E-state index in [9.17, 15) is 4.57 Å². The first kappa shape index (κ1) is 11.1. The van der Waals surface area contributed by atoms with Gasteiger partial charge in [-0.25, -0.2) is 0 Å². The van der Waals surface area contributed by atoms with Gasteiger partial charge in [0.25, 0.3) is 0 Å². The van der Waals surface area contributed by atoms with Crippen LogP contribution < -0.4 is 0 Å². The lowest BCUT2D eigenvalue weighted by Gasteiger charge is -2.07. The highest BCUT2D eigenvalue weighted by atomic mass is 31.2. The Balaban J connectivity index is 3.35. The molecule has 0 rings (SSSR count). The van der Waals surface area contributed by atoms with Crippen LogP contribution >= 0.6 is 7.60 Å². The zero-order valence-electron chi connectivity index (χ0n) is 6.60. The minimum atomic E-state index is -3.81. The normalized spacial score (nSPS) is 14.9. The van der Waals surface area contributed by atoms with E-state index in [1.165, 1.54) is 0 Å². The highest BCUT2D eigenvalue weighted by molar-refractivity contribution is 7.51. The fraction of sp³-hybridized carbons (Fsp3) is 1.00. The van der Waals surface area contributed by atoms with Gasteiger partial charge in [-0.05, 0) is 18.8 Å². The van der Waals surface area contributed by atoms with Gasteiger partial charge in [-0.15, -0.1) is 0 Å². The third-order valence-electron chi connectivity index (χ3n) is 1.46. The molecule has 3 N–H and O–H groups in total. The lowest BCUT2D eigenvalue weighted by Crippen LogP contribution is -2.01. The van der Waals surface area contributed by atoms with Crippen molar-refractivity contribution >= 4 is 7.60 Å². The molecule has 68 valence electrons. The van der Waals surface area contributed by atoms with Crippen LogP contribution in [0.4, 0.5) is 0 Å². The summed E-state index contributed by atoms with van der Waals surface area (Å²) in [7, 11) is -3.81. The van der Waals surface area contributed by atoms with Crippen LogP contribution in [0.3, 0.4) is 0 Å². The third-order valence-corrected chi connectivity index (χ3v) is 2.36. The molecular formula is C6H15O4P. The Kier molecular flexibility index (Phi) is 4.93. The van der Waals surface area contributed by atoms with Crippen molar-refractivity contribution in [3.05, 3.63) is 0 Å². The van der Waals surface area contributed by atoms with E-state index in [0.717, 1.165) is 0 Å². The molecule has 1 atom stereocenters. The first-order valence-corrected chi connectivity index (χ1v) is 5.41. The summed E-state index contributed by atoms with van der Waals surface area (Å²) in [4.78, 5) is 16.9. The number of hydrogen-bond donors (Lipinski definition) is 3. The van der Waals surface area contributed by atoms with Crippen LogP contribution in [0.15, 0.2) is 0 Å². The molecule has 0 radical (unpaired) electrons. The molecular weight excluding hydrogens is 167 g/mol. The number of rotatable bonds is 5. The highest BCUT2D eigenvalue weighted by Crippen LogP contribution is 2.35. The predicted octanol–water partition coefficient (Wildman–Crippen LogP) is 0.573. The molecule has 0 aromatic carbocycles. The average molecular weight is 182 g/mol. The molecule has 0 amide bonds. The van der Waals surface area contributed by atoms with Crippen molar-refractivity contribution in [3.8, 4) is 0 Å². The standard InChI is InChI=1S/C6H15O4P/c1-6(5-7)3-2-4-11(8,9)10/h6-7H,2-5H2,1H3,(H2,8,9,10). The van der Waals surface area contributed by atoms with Crippen molar-refractivity contribution in [1.29, 1.82) is 0 Å². The zero-order chi connectivity index (χ0) is 8.91. The van der Waals surface area contributed by atoms with Gasteiger partial charge >= 0.3 is 7.60 Å². The van der Waals surface area contributed by atoms with Gasteiger partial charge in [-0.2, -0.15) is 0 Å². The molecule has 0 spiro atoms. The summed E-state index contributed by atoms with van der Waals surface area (Å²) >= 11 is 0. The molecule has 0 saturated heterocycles. The maximum absolute atomic E-state index is 10.3. The Morgan fingerprint density at radius 2 is 2.00 bits per heavy atom. The van der Waals surface area contributed by atoms with E-state index in [1.807, 2.05) is 6.92 Å². The highest BCUT2D eigenvalue weighted by Gasteiger charge is 2.12. The smallest absolute Gasteiger partial charge is 0.325 e. The molecule has 0 heterocycles. The Labute approximate surface area is 66.4 Å². The van der Waals surface area contributed by atoms with Gasteiger partial charge in [0.15, 0.2) is 0 Å². The van der Waals surface area contributed by atoms with Gasteiger partial charge in [-0.1, -0.05) is 6.92 Å². The van der Waals surface area contributed by atoms with Crippen molar-refractivity contribution in [2.45, 2.75) is 19.8 Å². The lowest BCUT2D eigenvalue weighted by molar-refractivity contribution is 0.229. The van der Waals surface area contributed by atoms with E-state index < -0.39 is 7.60 Å². The fourth-order valence-electron chi connectivity index (χ4n) is 0.737. The Bertz CT molecular complexity index is 142. The van der Waals surface area contributed by atoms with Crippen molar-refractivity contribution in [1.82, 2.24) is 0 Å². The Morgan fingerprint density at radius 3 is 2.36 bits per heavy atom.